The van der Waals surface area contributed by atoms with Crippen LogP contribution in [0.4, 0.5) is 11.5 Å². The molecule has 2 aromatic carbocycles. The average molecular weight is 433 g/mol. The minimum atomic E-state index is 0.181. The molecule has 0 bridgehead atoms. The van der Waals surface area contributed by atoms with Crippen molar-refractivity contribution in [2.24, 2.45) is 0 Å². The van der Waals surface area contributed by atoms with Crippen LogP contribution in [-0.4, -0.2) is 23.9 Å². The van der Waals surface area contributed by atoms with Crippen LogP contribution in [0.25, 0.3) is 17.3 Å². The van der Waals surface area contributed by atoms with Crippen LogP contribution in [0.5, 0.6) is 0 Å². The predicted molar refractivity (Wildman–Crippen MR) is 115 cm³/mol. The fourth-order valence-electron chi connectivity index (χ4n) is 2.79. The number of nitriles is 2. The summed E-state index contributed by atoms with van der Waals surface area (Å²) in [6, 6.07) is 19.2. The lowest BCUT2D eigenvalue weighted by atomic mass is 10.1. The molecule has 3 rings (SSSR count). The van der Waals surface area contributed by atoms with Crippen molar-refractivity contribution in [3.8, 4) is 17.8 Å². The molecular formula is C21H17BrN6. The van der Waals surface area contributed by atoms with Gasteiger partial charge in [0.2, 0.25) is 0 Å². The highest BCUT2D eigenvalue weighted by Crippen LogP contribution is 2.30. The summed E-state index contributed by atoms with van der Waals surface area (Å²) in [6.45, 7) is 0. The molecule has 0 aliphatic carbocycles. The molecule has 138 valence electrons. The summed E-state index contributed by atoms with van der Waals surface area (Å²) in [6.07, 6.45) is 1.70. The molecule has 0 aliphatic heterocycles. The number of aromatic nitrogens is 2. The Morgan fingerprint density at radius 1 is 1.18 bits per heavy atom. The molecule has 0 unspecified atom stereocenters. The third-order valence-electron chi connectivity index (χ3n) is 4.17. The molecule has 0 amide bonds. The van der Waals surface area contributed by atoms with E-state index in [1.54, 1.807) is 6.08 Å². The molecule has 2 N–H and O–H groups in total. The second kappa shape index (κ2) is 7.99. The smallest absolute Gasteiger partial charge is 0.145 e. The van der Waals surface area contributed by atoms with Crippen LogP contribution >= 0.6 is 15.9 Å². The van der Waals surface area contributed by atoms with E-state index < -0.39 is 0 Å². The van der Waals surface area contributed by atoms with E-state index in [2.05, 4.69) is 33.2 Å². The van der Waals surface area contributed by atoms with Crippen LogP contribution < -0.4 is 10.6 Å². The van der Waals surface area contributed by atoms with Gasteiger partial charge < -0.3 is 10.6 Å². The van der Waals surface area contributed by atoms with E-state index in [1.165, 1.54) is 4.68 Å². The zero-order chi connectivity index (χ0) is 20.3. The van der Waals surface area contributed by atoms with E-state index >= 15 is 0 Å². The lowest BCUT2D eigenvalue weighted by molar-refractivity contribution is 0.885. The van der Waals surface area contributed by atoms with Gasteiger partial charge in [-0.15, -0.1) is 0 Å². The third-order valence-corrected chi connectivity index (χ3v) is 4.81. The van der Waals surface area contributed by atoms with Crippen LogP contribution in [0.15, 0.2) is 53.0 Å². The van der Waals surface area contributed by atoms with Gasteiger partial charge >= 0.3 is 0 Å². The summed E-state index contributed by atoms with van der Waals surface area (Å²) >= 11 is 3.54. The Hall–Kier alpha value is -3.55. The highest BCUT2D eigenvalue weighted by Gasteiger charge is 2.20. The van der Waals surface area contributed by atoms with Gasteiger partial charge in [0.25, 0.3) is 0 Å². The number of rotatable bonds is 4. The maximum Gasteiger partial charge on any atom is 0.145 e. The number of allylic oxidation sites excluding steroid dienone is 1. The van der Waals surface area contributed by atoms with E-state index in [1.807, 2.05) is 67.5 Å². The molecule has 0 radical (unpaired) electrons. The van der Waals surface area contributed by atoms with Crippen molar-refractivity contribution in [2.75, 3.05) is 24.7 Å². The average Bonchev–Trinajstić information content (AvgIpc) is 3.02. The lowest BCUT2D eigenvalue weighted by Gasteiger charge is -2.14. The molecule has 0 spiro atoms. The molecular weight excluding hydrogens is 416 g/mol. The topological polar surface area (TPSA) is 94.7 Å². The molecule has 0 fully saturated rings. The Bertz CT molecular complexity index is 1130. The first-order valence-corrected chi connectivity index (χ1v) is 9.18. The van der Waals surface area contributed by atoms with Gasteiger partial charge in [-0.25, -0.2) is 4.68 Å². The molecule has 6 nitrogen and oxygen atoms in total. The Morgan fingerprint density at radius 3 is 2.46 bits per heavy atom. The van der Waals surface area contributed by atoms with E-state index in [4.69, 9.17) is 5.73 Å². The maximum absolute atomic E-state index is 9.71. The molecule has 0 saturated heterocycles. The second-order valence-corrected chi connectivity index (χ2v) is 7.10. The summed E-state index contributed by atoms with van der Waals surface area (Å²) in [5, 5.41) is 23.7. The number of nitrogen functional groups attached to an aromatic ring is 1. The van der Waals surface area contributed by atoms with Crippen molar-refractivity contribution in [1.82, 2.24) is 9.78 Å². The molecule has 7 heteroatoms. The van der Waals surface area contributed by atoms with Crippen LogP contribution in [0.2, 0.25) is 0 Å². The molecule has 0 atom stereocenters. The van der Waals surface area contributed by atoms with Crippen molar-refractivity contribution in [1.29, 1.82) is 10.5 Å². The molecule has 1 heterocycles. The molecule has 28 heavy (non-hydrogen) atoms. The Morgan fingerprint density at radius 2 is 1.89 bits per heavy atom. The van der Waals surface area contributed by atoms with Gasteiger partial charge in [0, 0.05) is 18.6 Å². The standard InChI is InChI=1S/C21H17BrN6/c1-27(2)19-9-8-14(11-18(19)22)10-15(12-23)20-17(13-24)21(25)28(26-20)16-6-4-3-5-7-16/h3-11H,25H2,1-2H3. The van der Waals surface area contributed by atoms with Gasteiger partial charge in [0.05, 0.1) is 16.9 Å². The predicted octanol–water partition coefficient (Wildman–Crippen LogP) is 4.22. The van der Waals surface area contributed by atoms with Crippen molar-refractivity contribution >= 4 is 39.1 Å². The van der Waals surface area contributed by atoms with Gasteiger partial charge in [-0.2, -0.15) is 15.6 Å². The highest BCUT2D eigenvalue weighted by molar-refractivity contribution is 9.10. The van der Waals surface area contributed by atoms with E-state index in [-0.39, 0.29) is 22.6 Å². The first-order chi connectivity index (χ1) is 13.5. The Balaban J connectivity index is 2.11. The number of halogens is 1. The van der Waals surface area contributed by atoms with Gasteiger partial charge in [-0.3, -0.25) is 0 Å². The third kappa shape index (κ3) is 3.62. The molecule has 3 aromatic rings. The summed E-state index contributed by atoms with van der Waals surface area (Å²) < 4.78 is 2.38. The first-order valence-electron chi connectivity index (χ1n) is 8.39. The van der Waals surface area contributed by atoms with Crippen LogP contribution in [0, 0.1) is 22.7 Å². The summed E-state index contributed by atoms with van der Waals surface area (Å²) in [7, 11) is 3.91. The largest absolute Gasteiger partial charge is 0.382 e. The van der Waals surface area contributed by atoms with Crippen LogP contribution in [-0.2, 0) is 0 Å². The lowest BCUT2D eigenvalue weighted by Crippen LogP contribution is -2.09. The number of nitrogens with zero attached hydrogens (tertiary/aromatic N) is 5. The van der Waals surface area contributed by atoms with Gasteiger partial charge in [0.1, 0.15) is 29.2 Å². The van der Waals surface area contributed by atoms with Gasteiger partial charge in [-0.1, -0.05) is 24.3 Å². The number of anilines is 2. The van der Waals surface area contributed by atoms with Crippen LogP contribution in [0.1, 0.15) is 16.8 Å². The Labute approximate surface area is 171 Å². The normalized spacial score (nSPS) is 11.0. The van der Waals surface area contributed by atoms with Crippen LogP contribution in [0.3, 0.4) is 0 Å². The number of hydrogen-bond donors (Lipinski definition) is 1. The summed E-state index contributed by atoms with van der Waals surface area (Å²) in [4.78, 5) is 1.98. The van der Waals surface area contributed by atoms with Crippen molar-refractivity contribution in [3.05, 3.63) is 69.8 Å². The number of nitrogens with two attached hydrogens (primary N) is 1. The quantitative estimate of drug-likeness (QED) is 0.622. The molecule has 1 aromatic heterocycles. The van der Waals surface area contributed by atoms with Gasteiger partial charge in [0.15, 0.2) is 0 Å². The van der Waals surface area contributed by atoms with Crippen molar-refractivity contribution in [3.63, 3.8) is 0 Å². The number of para-hydroxylation sites is 1. The van der Waals surface area contributed by atoms with E-state index in [0.29, 0.717) is 0 Å². The highest BCUT2D eigenvalue weighted by atomic mass is 79.9. The Kier molecular flexibility index (Phi) is 5.49. The zero-order valence-corrected chi connectivity index (χ0v) is 17.0. The minimum Gasteiger partial charge on any atom is -0.382 e. The van der Waals surface area contributed by atoms with Crippen molar-refractivity contribution in [2.45, 2.75) is 0 Å². The minimum absolute atomic E-state index is 0.181. The van der Waals surface area contributed by atoms with E-state index in [9.17, 15) is 10.5 Å². The van der Waals surface area contributed by atoms with Crippen molar-refractivity contribution < 1.29 is 0 Å². The number of hydrogen-bond acceptors (Lipinski definition) is 5. The SMILES string of the molecule is CN(C)c1ccc(C=C(C#N)c2nn(-c3ccccc3)c(N)c2C#N)cc1Br. The number of benzene rings is 2. The zero-order valence-electron chi connectivity index (χ0n) is 15.4. The fourth-order valence-corrected chi connectivity index (χ4v) is 3.54. The van der Waals surface area contributed by atoms with Gasteiger partial charge in [-0.05, 0) is 51.8 Å². The molecule has 0 saturated carbocycles. The first kappa shape index (κ1) is 19.2. The second-order valence-electron chi connectivity index (χ2n) is 6.24. The summed E-state index contributed by atoms with van der Waals surface area (Å²) in [5.74, 6) is 0.203. The van der Waals surface area contributed by atoms with E-state index in [0.717, 1.165) is 21.4 Å². The summed E-state index contributed by atoms with van der Waals surface area (Å²) in [5.41, 5.74) is 9.40. The monoisotopic (exact) mass is 432 g/mol. The molecule has 0 aliphatic rings. The fraction of sp³-hybridized carbons (Fsp3) is 0.0952. The maximum atomic E-state index is 9.71.